The minimum absolute atomic E-state index is 0.00630. The summed E-state index contributed by atoms with van der Waals surface area (Å²) in [4.78, 5) is 0. The minimum atomic E-state index is -1.05. The highest BCUT2D eigenvalue weighted by molar-refractivity contribution is 5.38. The largest absolute Gasteiger partial charge is 0.496 e. The Kier molecular flexibility index (Phi) is 3.92. The summed E-state index contributed by atoms with van der Waals surface area (Å²) in [5.41, 5.74) is -0.527. The fraction of sp³-hybridized carbons (Fsp3) is 0.538. The summed E-state index contributed by atoms with van der Waals surface area (Å²) in [6.45, 7) is 5.70. The van der Waals surface area contributed by atoms with Crippen molar-refractivity contribution in [3.63, 3.8) is 0 Å². The van der Waals surface area contributed by atoms with Gasteiger partial charge in [-0.2, -0.15) is 0 Å². The predicted octanol–water partition coefficient (Wildman–Crippen LogP) is 3.09. The number of methoxy groups -OCH3 is 1. The third-order valence-corrected chi connectivity index (χ3v) is 3.12. The average Bonchev–Trinajstić information content (AvgIpc) is 2.27. The third-order valence-electron chi connectivity index (χ3n) is 3.12. The van der Waals surface area contributed by atoms with Crippen molar-refractivity contribution in [1.82, 2.24) is 0 Å². The van der Waals surface area contributed by atoms with Gasteiger partial charge in [0, 0.05) is 5.56 Å². The molecule has 90 valence electrons. The van der Waals surface area contributed by atoms with Crippen molar-refractivity contribution < 1.29 is 14.2 Å². The van der Waals surface area contributed by atoms with Gasteiger partial charge in [-0.3, -0.25) is 0 Å². The van der Waals surface area contributed by atoms with Crippen molar-refractivity contribution in [2.45, 2.75) is 32.8 Å². The molecular formula is C13H19FO2. The monoisotopic (exact) mass is 226 g/mol. The zero-order valence-corrected chi connectivity index (χ0v) is 10.2. The van der Waals surface area contributed by atoms with Crippen molar-refractivity contribution >= 4 is 0 Å². The van der Waals surface area contributed by atoms with E-state index in [0.29, 0.717) is 17.7 Å². The Bertz CT molecular complexity index is 363. The Labute approximate surface area is 96.1 Å². The highest BCUT2D eigenvalue weighted by Crippen LogP contribution is 2.38. The average molecular weight is 226 g/mol. The topological polar surface area (TPSA) is 29.5 Å². The summed E-state index contributed by atoms with van der Waals surface area (Å²) in [5.74, 6) is 0.163. The molecule has 0 heterocycles. The number of halogens is 1. The number of benzene rings is 1. The summed E-state index contributed by atoms with van der Waals surface area (Å²) in [5, 5.41) is 10.6. The molecule has 0 saturated carbocycles. The molecule has 0 spiro atoms. The molecule has 0 bridgehead atoms. The molecule has 0 amide bonds. The number of hydrogen-bond acceptors (Lipinski definition) is 2. The lowest BCUT2D eigenvalue weighted by Crippen LogP contribution is -2.31. The Morgan fingerprint density at radius 1 is 1.44 bits per heavy atom. The first-order valence-corrected chi connectivity index (χ1v) is 5.52. The van der Waals surface area contributed by atoms with E-state index in [2.05, 4.69) is 0 Å². The van der Waals surface area contributed by atoms with Crippen LogP contribution in [-0.4, -0.2) is 12.2 Å². The second-order valence-corrected chi connectivity index (χ2v) is 4.28. The molecule has 0 aliphatic rings. The van der Waals surface area contributed by atoms with Crippen LogP contribution in [-0.2, 0) is 5.60 Å². The number of rotatable bonds is 4. The molecule has 1 atom stereocenters. The lowest BCUT2D eigenvalue weighted by Gasteiger charge is -2.32. The maximum atomic E-state index is 13.2. The van der Waals surface area contributed by atoms with Crippen LogP contribution in [0.4, 0.5) is 4.39 Å². The highest BCUT2D eigenvalue weighted by Gasteiger charge is 2.34. The zero-order valence-electron chi connectivity index (χ0n) is 10.2. The Hall–Kier alpha value is -1.09. The Balaban J connectivity index is 3.33. The molecule has 2 nitrogen and oxygen atoms in total. The number of hydrogen-bond donors (Lipinski definition) is 1. The van der Waals surface area contributed by atoms with Gasteiger partial charge in [0.15, 0.2) is 0 Å². The highest BCUT2D eigenvalue weighted by atomic mass is 19.1. The molecule has 0 fully saturated rings. The van der Waals surface area contributed by atoms with E-state index in [4.69, 9.17) is 4.74 Å². The first-order valence-electron chi connectivity index (χ1n) is 5.52. The van der Waals surface area contributed by atoms with E-state index in [0.717, 1.165) is 0 Å². The predicted molar refractivity (Wildman–Crippen MR) is 62.0 cm³/mol. The van der Waals surface area contributed by atoms with Gasteiger partial charge in [0.2, 0.25) is 0 Å². The van der Waals surface area contributed by atoms with E-state index in [1.165, 1.54) is 19.2 Å². The van der Waals surface area contributed by atoms with E-state index in [-0.39, 0.29) is 11.7 Å². The van der Waals surface area contributed by atoms with Crippen LogP contribution >= 0.6 is 0 Å². The van der Waals surface area contributed by atoms with E-state index < -0.39 is 5.60 Å². The van der Waals surface area contributed by atoms with Gasteiger partial charge < -0.3 is 9.84 Å². The lowest BCUT2D eigenvalue weighted by atomic mass is 9.81. The van der Waals surface area contributed by atoms with Crippen LogP contribution in [0.1, 0.15) is 32.8 Å². The SMILES string of the molecule is CCC(O)(c1cc(F)ccc1OC)C(C)C. The normalized spacial score (nSPS) is 14.9. The summed E-state index contributed by atoms with van der Waals surface area (Å²) in [7, 11) is 1.52. The molecule has 1 aromatic rings. The molecule has 16 heavy (non-hydrogen) atoms. The second kappa shape index (κ2) is 4.83. The number of ether oxygens (including phenoxy) is 1. The van der Waals surface area contributed by atoms with Crippen LogP contribution in [0.15, 0.2) is 18.2 Å². The lowest BCUT2D eigenvalue weighted by molar-refractivity contribution is -0.0161. The first kappa shape index (κ1) is 13.0. The quantitative estimate of drug-likeness (QED) is 0.854. The van der Waals surface area contributed by atoms with Crippen LogP contribution in [0.25, 0.3) is 0 Å². The molecule has 0 radical (unpaired) electrons. The maximum absolute atomic E-state index is 13.2. The molecule has 1 unspecified atom stereocenters. The Morgan fingerprint density at radius 3 is 2.50 bits per heavy atom. The van der Waals surface area contributed by atoms with Gasteiger partial charge in [0.05, 0.1) is 12.7 Å². The van der Waals surface area contributed by atoms with Gasteiger partial charge in [0.25, 0.3) is 0 Å². The summed E-state index contributed by atoms with van der Waals surface area (Å²) in [6, 6.07) is 4.23. The molecule has 0 aromatic heterocycles. The van der Waals surface area contributed by atoms with Gasteiger partial charge in [0.1, 0.15) is 11.6 Å². The summed E-state index contributed by atoms with van der Waals surface area (Å²) in [6.07, 6.45) is 0.518. The van der Waals surface area contributed by atoms with Gasteiger partial charge >= 0.3 is 0 Å². The van der Waals surface area contributed by atoms with E-state index in [1.807, 2.05) is 20.8 Å². The molecule has 1 aromatic carbocycles. The fourth-order valence-electron chi connectivity index (χ4n) is 1.93. The zero-order chi connectivity index (χ0) is 12.3. The van der Waals surface area contributed by atoms with Crippen LogP contribution in [0.3, 0.4) is 0 Å². The van der Waals surface area contributed by atoms with Crippen molar-refractivity contribution in [3.8, 4) is 5.75 Å². The van der Waals surface area contributed by atoms with Crippen LogP contribution < -0.4 is 4.74 Å². The van der Waals surface area contributed by atoms with Gasteiger partial charge in [-0.15, -0.1) is 0 Å². The molecule has 0 saturated heterocycles. The Morgan fingerprint density at radius 2 is 2.06 bits per heavy atom. The second-order valence-electron chi connectivity index (χ2n) is 4.28. The summed E-state index contributed by atoms with van der Waals surface area (Å²) >= 11 is 0. The standard InChI is InChI=1S/C13H19FO2/c1-5-13(15,9(2)3)11-8-10(14)6-7-12(11)16-4/h6-9,15H,5H2,1-4H3. The van der Waals surface area contributed by atoms with E-state index >= 15 is 0 Å². The molecule has 3 heteroatoms. The molecule has 1 N–H and O–H groups in total. The smallest absolute Gasteiger partial charge is 0.125 e. The fourth-order valence-corrected chi connectivity index (χ4v) is 1.93. The number of aliphatic hydroxyl groups is 1. The van der Waals surface area contributed by atoms with E-state index in [1.54, 1.807) is 6.07 Å². The first-order chi connectivity index (χ1) is 7.45. The molecule has 0 aliphatic heterocycles. The maximum Gasteiger partial charge on any atom is 0.125 e. The molecule has 0 aliphatic carbocycles. The van der Waals surface area contributed by atoms with Crippen LogP contribution in [0.5, 0.6) is 5.75 Å². The molecule has 1 rings (SSSR count). The van der Waals surface area contributed by atoms with Gasteiger partial charge in [-0.05, 0) is 30.5 Å². The van der Waals surface area contributed by atoms with Crippen molar-refractivity contribution in [1.29, 1.82) is 0 Å². The van der Waals surface area contributed by atoms with Gasteiger partial charge in [-0.1, -0.05) is 20.8 Å². The van der Waals surface area contributed by atoms with Crippen molar-refractivity contribution in [3.05, 3.63) is 29.6 Å². The third kappa shape index (κ3) is 2.19. The van der Waals surface area contributed by atoms with Crippen LogP contribution in [0.2, 0.25) is 0 Å². The molecular weight excluding hydrogens is 207 g/mol. The van der Waals surface area contributed by atoms with Crippen LogP contribution in [0, 0.1) is 11.7 Å². The minimum Gasteiger partial charge on any atom is -0.496 e. The summed E-state index contributed by atoms with van der Waals surface area (Å²) < 4.78 is 18.4. The van der Waals surface area contributed by atoms with Crippen molar-refractivity contribution in [2.24, 2.45) is 5.92 Å². The van der Waals surface area contributed by atoms with Crippen molar-refractivity contribution in [2.75, 3.05) is 7.11 Å². The van der Waals surface area contributed by atoms with E-state index in [9.17, 15) is 9.50 Å². The van der Waals surface area contributed by atoms with Gasteiger partial charge in [-0.25, -0.2) is 4.39 Å².